The van der Waals surface area contributed by atoms with Gasteiger partial charge in [-0.2, -0.15) is 0 Å². The number of rotatable bonds is 0. The van der Waals surface area contributed by atoms with Gasteiger partial charge in [-0.15, -0.1) is 5.10 Å². The molecule has 1 aliphatic rings. The summed E-state index contributed by atoms with van der Waals surface area (Å²) in [5, 5.41) is 12.1. The van der Waals surface area contributed by atoms with Crippen molar-refractivity contribution in [3.05, 3.63) is 46.6 Å². The number of carbonyl (C=O) groups excluding carboxylic acids is 1. The minimum atomic E-state index is -0.0866. The van der Waals surface area contributed by atoms with Gasteiger partial charge in [-0.3, -0.25) is 9.78 Å². The largest absolute Gasteiger partial charge is 0.294 e. The first-order valence-electron chi connectivity index (χ1n) is 8.97. The molecule has 0 atom stereocenters. The molecular weight excluding hydrogens is 360 g/mol. The Labute approximate surface area is 159 Å². The number of carbonyl (C=O) groups is 1. The molecule has 5 nitrogen and oxygen atoms in total. The van der Waals surface area contributed by atoms with Gasteiger partial charge in [-0.25, -0.2) is 4.52 Å². The Morgan fingerprint density at radius 3 is 2.74 bits per heavy atom. The molecule has 6 heteroatoms. The van der Waals surface area contributed by atoms with E-state index < -0.39 is 0 Å². The lowest BCUT2D eigenvalue weighted by atomic mass is 9.74. The molecule has 3 heterocycles. The zero-order valence-electron chi connectivity index (χ0n) is 14.9. The smallest absolute Gasteiger partial charge is 0.165 e. The highest BCUT2D eigenvalue weighted by atomic mass is 35.5. The number of hydrogen-bond acceptors (Lipinski definition) is 4. The minimum Gasteiger partial charge on any atom is -0.294 e. The standard InChI is InChI=1S/C21H15ClN4O/c1-21(2)8-14-18(16(27)9-21)17-11-7-10(22)3-6-15(11)26-20-13(24-25-26)5-4-12(23-14)19(17)20/h3-7H,8-9H2,1-2H3. The summed E-state index contributed by atoms with van der Waals surface area (Å²) in [6.45, 7) is 4.25. The van der Waals surface area contributed by atoms with Crippen LogP contribution in [0.1, 0.15) is 36.3 Å². The van der Waals surface area contributed by atoms with Gasteiger partial charge in [0.15, 0.2) is 5.78 Å². The van der Waals surface area contributed by atoms with E-state index in [9.17, 15) is 4.79 Å². The molecule has 27 heavy (non-hydrogen) atoms. The average Bonchev–Trinajstić information content (AvgIpc) is 3.03. The number of aromatic nitrogens is 4. The lowest BCUT2D eigenvalue weighted by Gasteiger charge is -2.30. The second-order valence-corrected chi connectivity index (χ2v) is 8.68. The summed E-state index contributed by atoms with van der Waals surface area (Å²) < 4.78 is 1.83. The Hall–Kier alpha value is -2.79. The minimum absolute atomic E-state index is 0.0866. The molecule has 0 aliphatic heterocycles. The van der Waals surface area contributed by atoms with E-state index in [0.29, 0.717) is 11.4 Å². The molecule has 0 radical (unpaired) electrons. The van der Waals surface area contributed by atoms with Crippen LogP contribution in [-0.4, -0.2) is 25.6 Å². The molecule has 132 valence electrons. The monoisotopic (exact) mass is 374 g/mol. The lowest BCUT2D eigenvalue weighted by Crippen LogP contribution is -2.28. The van der Waals surface area contributed by atoms with Crippen LogP contribution in [0.4, 0.5) is 0 Å². The van der Waals surface area contributed by atoms with Crippen LogP contribution in [-0.2, 0) is 6.42 Å². The van der Waals surface area contributed by atoms with Crippen molar-refractivity contribution in [3.8, 4) is 0 Å². The van der Waals surface area contributed by atoms with Crippen molar-refractivity contribution in [2.45, 2.75) is 26.7 Å². The van der Waals surface area contributed by atoms with Gasteiger partial charge in [0.1, 0.15) is 11.0 Å². The van der Waals surface area contributed by atoms with Crippen molar-refractivity contribution in [1.29, 1.82) is 0 Å². The second kappa shape index (κ2) is 4.73. The predicted octanol–water partition coefficient (Wildman–Crippen LogP) is 4.83. The number of Topliss-reactive ketones (excluding diaryl/α,β-unsaturated/α-hetero) is 1. The van der Waals surface area contributed by atoms with Crippen molar-refractivity contribution < 1.29 is 4.79 Å². The fraction of sp³-hybridized carbons (Fsp3) is 0.238. The highest BCUT2D eigenvalue weighted by molar-refractivity contribution is 6.33. The first-order chi connectivity index (χ1) is 12.9. The molecular formula is C21H15ClN4O. The molecule has 1 aliphatic carbocycles. The molecule has 0 fully saturated rings. The van der Waals surface area contributed by atoms with E-state index >= 15 is 0 Å². The molecule has 0 saturated carbocycles. The van der Waals surface area contributed by atoms with E-state index in [-0.39, 0.29) is 11.2 Å². The van der Waals surface area contributed by atoms with Gasteiger partial charge in [0.2, 0.25) is 0 Å². The van der Waals surface area contributed by atoms with Crippen LogP contribution in [0.3, 0.4) is 0 Å². The van der Waals surface area contributed by atoms with E-state index in [1.54, 1.807) is 0 Å². The van der Waals surface area contributed by atoms with Crippen LogP contribution in [0, 0.1) is 5.41 Å². The fourth-order valence-electron chi connectivity index (χ4n) is 4.61. The van der Waals surface area contributed by atoms with E-state index in [1.807, 2.05) is 34.8 Å². The average molecular weight is 375 g/mol. The SMILES string of the molecule is CC1(C)CC(=O)c2c(nc3ccc4nnn5c6ccc(Cl)cc6c2c3c45)C1. The van der Waals surface area contributed by atoms with Crippen LogP contribution in [0.15, 0.2) is 30.3 Å². The second-order valence-electron chi connectivity index (χ2n) is 8.24. The Morgan fingerprint density at radius 2 is 1.89 bits per heavy atom. The highest BCUT2D eigenvalue weighted by Crippen LogP contribution is 2.43. The van der Waals surface area contributed by atoms with Crippen LogP contribution in [0.5, 0.6) is 0 Å². The Bertz CT molecular complexity index is 1430. The normalized spacial score (nSPS) is 16.8. The third-order valence-electron chi connectivity index (χ3n) is 5.65. The van der Waals surface area contributed by atoms with Crippen LogP contribution < -0.4 is 0 Å². The van der Waals surface area contributed by atoms with Gasteiger partial charge in [0.05, 0.1) is 16.7 Å². The zero-order chi connectivity index (χ0) is 18.5. The van der Waals surface area contributed by atoms with Crippen molar-refractivity contribution >= 4 is 55.6 Å². The number of nitrogens with zero attached hydrogens (tertiary/aromatic N) is 4. The van der Waals surface area contributed by atoms with Gasteiger partial charge in [0, 0.05) is 33.2 Å². The number of fused-ring (bicyclic) bond motifs is 5. The number of hydrogen-bond donors (Lipinski definition) is 0. The topological polar surface area (TPSA) is 60.2 Å². The molecule has 6 rings (SSSR count). The molecule has 0 unspecified atom stereocenters. The summed E-state index contributed by atoms with van der Waals surface area (Å²) >= 11 is 6.33. The van der Waals surface area contributed by atoms with Gasteiger partial charge < -0.3 is 0 Å². The number of pyridine rings is 2. The van der Waals surface area contributed by atoms with Gasteiger partial charge in [-0.1, -0.05) is 30.7 Å². The van der Waals surface area contributed by atoms with Crippen LogP contribution in [0.25, 0.3) is 38.2 Å². The quantitative estimate of drug-likeness (QED) is 0.288. The molecule has 0 saturated heterocycles. The zero-order valence-corrected chi connectivity index (χ0v) is 15.6. The number of benzene rings is 2. The molecule has 5 aromatic rings. The summed E-state index contributed by atoms with van der Waals surface area (Å²) in [7, 11) is 0. The summed E-state index contributed by atoms with van der Waals surface area (Å²) in [4.78, 5) is 18.1. The lowest BCUT2D eigenvalue weighted by molar-refractivity contribution is 0.0912. The fourth-order valence-corrected chi connectivity index (χ4v) is 4.78. The first-order valence-corrected chi connectivity index (χ1v) is 9.35. The van der Waals surface area contributed by atoms with Crippen molar-refractivity contribution in [1.82, 2.24) is 19.8 Å². The molecule has 2 aromatic carbocycles. The predicted molar refractivity (Wildman–Crippen MR) is 106 cm³/mol. The summed E-state index contributed by atoms with van der Waals surface area (Å²) in [6, 6.07) is 9.63. The molecule has 0 N–H and O–H groups in total. The third-order valence-corrected chi connectivity index (χ3v) is 5.89. The molecule has 0 bridgehead atoms. The van der Waals surface area contributed by atoms with Gasteiger partial charge in [-0.05, 0) is 42.2 Å². The van der Waals surface area contributed by atoms with E-state index in [1.165, 1.54) is 0 Å². The van der Waals surface area contributed by atoms with E-state index in [4.69, 9.17) is 16.6 Å². The van der Waals surface area contributed by atoms with Gasteiger partial charge >= 0.3 is 0 Å². The van der Waals surface area contributed by atoms with E-state index in [0.717, 1.165) is 55.9 Å². The summed E-state index contributed by atoms with van der Waals surface area (Å²) in [6.07, 6.45) is 1.30. The first kappa shape index (κ1) is 15.3. The summed E-state index contributed by atoms with van der Waals surface area (Å²) in [5.74, 6) is 0.148. The van der Waals surface area contributed by atoms with Crippen LogP contribution >= 0.6 is 11.6 Å². The van der Waals surface area contributed by atoms with E-state index in [2.05, 4.69) is 24.2 Å². The maximum absolute atomic E-state index is 13.2. The summed E-state index contributed by atoms with van der Waals surface area (Å²) in [5.41, 5.74) is 5.01. The molecule has 0 amide bonds. The maximum atomic E-state index is 13.2. The number of halogens is 1. The van der Waals surface area contributed by atoms with Crippen molar-refractivity contribution in [3.63, 3.8) is 0 Å². The molecule has 3 aromatic heterocycles. The van der Waals surface area contributed by atoms with Crippen LogP contribution in [0.2, 0.25) is 5.02 Å². The van der Waals surface area contributed by atoms with Gasteiger partial charge in [0.25, 0.3) is 0 Å². The Morgan fingerprint density at radius 1 is 1.07 bits per heavy atom. The number of ketones is 1. The molecule has 0 spiro atoms. The Kier molecular flexibility index (Phi) is 2.68. The third kappa shape index (κ3) is 1.90. The van der Waals surface area contributed by atoms with Crippen molar-refractivity contribution in [2.24, 2.45) is 5.41 Å². The highest BCUT2D eigenvalue weighted by Gasteiger charge is 2.35. The van der Waals surface area contributed by atoms with Crippen molar-refractivity contribution in [2.75, 3.05) is 0 Å². The maximum Gasteiger partial charge on any atom is 0.165 e. The Balaban J connectivity index is 1.97.